The number of nitrogens with zero attached hydrogens (tertiary/aromatic N) is 1. The first-order valence-electron chi connectivity index (χ1n) is 6.45. The molecular formula is C14H17N3O3S. The molecule has 0 amide bonds. The van der Waals surface area contributed by atoms with Gasteiger partial charge in [-0.25, -0.2) is 8.42 Å². The van der Waals surface area contributed by atoms with E-state index in [9.17, 15) is 13.2 Å². The fourth-order valence-corrected chi connectivity index (χ4v) is 3.13. The van der Waals surface area contributed by atoms with Crippen LogP contribution in [0.4, 0.5) is 11.4 Å². The molecule has 6 nitrogen and oxygen atoms in total. The molecule has 2 rings (SSSR count). The average Bonchev–Trinajstić information content (AvgIpc) is 2.40. The van der Waals surface area contributed by atoms with Crippen LogP contribution in [0.25, 0.3) is 0 Å². The monoisotopic (exact) mass is 307 g/mol. The Morgan fingerprint density at radius 3 is 2.67 bits per heavy atom. The second-order valence-corrected chi connectivity index (χ2v) is 6.37. The van der Waals surface area contributed by atoms with Crippen molar-refractivity contribution >= 4 is 21.4 Å². The van der Waals surface area contributed by atoms with Gasteiger partial charge in [0, 0.05) is 24.5 Å². The SMILES string of the molecule is CCn1cc(NS(=O)(=O)Cc2cccc(N)c2)ccc1=O. The lowest BCUT2D eigenvalue weighted by molar-refractivity contribution is 0.600. The van der Waals surface area contributed by atoms with Crippen LogP contribution >= 0.6 is 0 Å². The molecule has 1 aromatic heterocycles. The van der Waals surface area contributed by atoms with E-state index in [0.29, 0.717) is 23.5 Å². The topological polar surface area (TPSA) is 94.2 Å². The van der Waals surface area contributed by atoms with Crippen molar-refractivity contribution in [2.24, 2.45) is 0 Å². The number of pyridine rings is 1. The van der Waals surface area contributed by atoms with Crippen LogP contribution in [0.15, 0.2) is 47.4 Å². The van der Waals surface area contributed by atoms with Gasteiger partial charge in [0.15, 0.2) is 0 Å². The number of hydrogen-bond acceptors (Lipinski definition) is 4. The average molecular weight is 307 g/mol. The van der Waals surface area contributed by atoms with Crippen LogP contribution in [0.3, 0.4) is 0 Å². The summed E-state index contributed by atoms with van der Waals surface area (Å²) in [6, 6.07) is 9.50. The molecule has 0 atom stereocenters. The molecule has 112 valence electrons. The lowest BCUT2D eigenvalue weighted by Gasteiger charge is -2.10. The first kappa shape index (κ1) is 15.1. The Hall–Kier alpha value is -2.28. The van der Waals surface area contributed by atoms with Crippen LogP contribution in [0.1, 0.15) is 12.5 Å². The minimum Gasteiger partial charge on any atom is -0.399 e. The van der Waals surface area contributed by atoms with E-state index < -0.39 is 10.0 Å². The number of sulfonamides is 1. The smallest absolute Gasteiger partial charge is 0.250 e. The number of rotatable bonds is 5. The van der Waals surface area contributed by atoms with Crippen LogP contribution in [-0.2, 0) is 22.3 Å². The van der Waals surface area contributed by atoms with Gasteiger partial charge < -0.3 is 10.3 Å². The third-order valence-electron chi connectivity index (χ3n) is 2.91. The highest BCUT2D eigenvalue weighted by Crippen LogP contribution is 2.13. The minimum atomic E-state index is -3.56. The lowest BCUT2D eigenvalue weighted by atomic mass is 10.2. The Morgan fingerprint density at radius 1 is 1.24 bits per heavy atom. The van der Waals surface area contributed by atoms with Crippen molar-refractivity contribution in [1.29, 1.82) is 0 Å². The first-order valence-corrected chi connectivity index (χ1v) is 8.10. The van der Waals surface area contributed by atoms with E-state index in [4.69, 9.17) is 5.73 Å². The van der Waals surface area contributed by atoms with E-state index in [2.05, 4.69) is 4.72 Å². The molecule has 0 bridgehead atoms. The molecule has 1 aromatic carbocycles. The summed E-state index contributed by atoms with van der Waals surface area (Å²) in [5, 5.41) is 0. The molecule has 0 radical (unpaired) electrons. The number of nitrogens with two attached hydrogens (primary N) is 1. The molecule has 0 fully saturated rings. The Balaban J connectivity index is 2.19. The molecule has 0 unspecified atom stereocenters. The van der Waals surface area contributed by atoms with Crippen LogP contribution in [0.5, 0.6) is 0 Å². The van der Waals surface area contributed by atoms with E-state index in [-0.39, 0.29) is 11.3 Å². The highest BCUT2D eigenvalue weighted by molar-refractivity contribution is 7.91. The van der Waals surface area contributed by atoms with E-state index >= 15 is 0 Å². The molecule has 0 aliphatic carbocycles. The summed E-state index contributed by atoms with van der Waals surface area (Å²) >= 11 is 0. The van der Waals surface area contributed by atoms with Gasteiger partial charge in [-0.05, 0) is 30.7 Å². The summed E-state index contributed by atoms with van der Waals surface area (Å²) < 4.78 is 28.1. The van der Waals surface area contributed by atoms with Gasteiger partial charge in [0.25, 0.3) is 5.56 Å². The molecule has 1 heterocycles. The van der Waals surface area contributed by atoms with Crippen LogP contribution in [0.2, 0.25) is 0 Å². The number of benzene rings is 1. The molecule has 0 saturated carbocycles. The van der Waals surface area contributed by atoms with E-state index in [1.54, 1.807) is 24.3 Å². The number of nitrogens with one attached hydrogen (secondary N) is 1. The summed E-state index contributed by atoms with van der Waals surface area (Å²) in [6.45, 7) is 2.29. The molecule has 2 aromatic rings. The summed E-state index contributed by atoms with van der Waals surface area (Å²) in [5.41, 5.74) is 6.94. The van der Waals surface area contributed by atoms with Gasteiger partial charge >= 0.3 is 0 Å². The highest BCUT2D eigenvalue weighted by atomic mass is 32.2. The predicted molar refractivity (Wildman–Crippen MR) is 83.5 cm³/mol. The van der Waals surface area contributed by atoms with Crippen LogP contribution < -0.4 is 16.0 Å². The van der Waals surface area contributed by atoms with Crippen molar-refractivity contribution in [3.8, 4) is 0 Å². The second kappa shape index (κ2) is 6.01. The van der Waals surface area contributed by atoms with Gasteiger partial charge in [0.05, 0.1) is 11.4 Å². The highest BCUT2D eigenvalue weighted by Gasteiger charge is 2.12. The summed E-state index contributed by atoms with van der Waals surface area (Å²) in [7, 11) is -3.56. The normalized spacial score (nSPS) is 11.3. The van der Waals surface area contributed by atoms with Gasteiger partial charge in [-0.3, -0.25) is 9.52 Å². The molecular weight excluding hydrogens is 290 g/mol. The van der Waals surface area contributed by atoms with Crippen molar-refractivity contribution in [2.45, 2.75) is 19.2 Å². The Bertz CT molecular complexity index is 797. The number of anilines is 2. The third kappa shape index (κ3) is 4.09. The quantitative estimate of drug-likeness (QED) is 0.816. The largest absolute Gasteiger partial charge is 0.399 e. The number of aromatic nitrogens is 1. The summed E-state index contributed by atoms with van der Waals surface area (Å²) in [4.78, 5) is 11.5. The van der Waals surface area contributed by atoms with Crippen molar-refractivity contribution < 1.29 is 8.42 Å². The van der Waals surface area contributed by atoms with Gasteiger partial charge in [-0.1, -0.05) is 12.1 Å². The van der Waals surface area contributed by atoms with Gasteiger partial charge in [0.2, 0.25) is 10.0 Å². The maximum Gasteiger partial charge on any atom is 0.250 e. The Morgan fingerprint density at radius 2 is 2.00 bits per heavy atom. The van der Waals surface area contributed by atoms with Gasteiger partial charge in [0.1, 0.15) is 0 Å². The summed E-state index contributed by atoms with van der Waals surface area (Å²) in [6.07, 6.45) is 1.49. The van der Waals surface area contributed by atoms with Crippen molar-refractivity contribution in [1.82, 2.24) is 4.57 Å². The molecule has 0 aliphatic rings. The van der Waals surface area contributed by atoms with Crippen LogP contribution in [-0.4, -0.2) is 13.0 Å². The van der Waals surface area contributed by atoms with Crippen LogP contribution in [0, 0.1) is 0 Å². The predicted octanol–water partition coefficient (Wildman–Crippen LogP) is 1.39. The van der Waals surface area contributed by atoms with Crippen molar-refractivity contribution in [2.75, 3.05) is 10.5 Å². The number of nitrogen functional groups attached to an aromatic ring is 1. The van der Waals surface area contributed by atoms with Gasteiger partial charge in [-0.15, -0.1) is 0 Å². The fourth-order valence-electron chi connectivity index (χ4n) is 1.96. The maximum atomic E-state index is 12.1. The molecule has 3 N–H and O–H groups in total. The third-order valence-corrected chi connectivity index (χ3v) is 4.17. The number of hydrogen-bond donors (Lipinski definition) is 2. The molecule has 0 aliphatic heterocycles. The molecule has 21 heavy (non-hydrogen) atoms. The zero-order valence-corrected chi connectivity index (χ0v) is 12.4. The first-order chi connectivity index (χ1) is 9.89. The minimum absolute atomic E-state index is 0.170. The zero-order valence-electron chi connectivity index (χ0n) is 11.6. The van der Waals surface area contributed by atoms with E-state index in [1.165, 1.54) is 22.9 Å². The Labute approximate surface area is 123 Å². The molecule has 0 saturated heterocycles. The van der Waals surface area contributed by atoms with E-state index in [0.717, 1.165) is 0 Å². The zero-order chi connectivity index (χ0) is 15.5. The fraction of sp³-hybridized carbons (Fsp3) is 0.214. The second-order valence-electron chi connectivity index (χ2n) is 4.65. The Kier molecular flexibility index (Phi) is 4.32. The molecule has 7 heteroatoms. The molecule has 0 spiro atoms. The van der Waals surface area contributed by atoms with Gasteiger partial charge in [-0.2, -0.15) is 0 Å². The van der Waals surface area contributed by atoms with E-state index in [1.807, 2.05) is 6.92 Å². The van der Waals surface area contributed by atoms with Crippen molar-refractivity contribution in [3.05, 3.63) is 58.5 Å². The van der Waals surface area contributed by atoms with Crippen molar-refractivity contribution in [3.63, 3.8) is 0 Å². The number of aryl methyl sites for hydroxylation is 1. The maximum absolute atomic E-state index is 12.1. The standard InChI is InChI=1S/C14H17N3O3S/c1-2-17-9-13(6-7-14(17)18)16-21(19,20)10-11-4-3-5-12(15)8-11/h3-9,16H,2,10,15H2,1H3. The lowest BCUT2D eigenvalue weighted by Crippen LogP contribution is -2.20. The summed E-state index contributed by atoms with van der Waals surface area (Å²) in [5.74, 6) is -0.177.